The molecular formula is C10H9N5. The third-order valence-corrected chi connectivity index (χ3v) is 2.06. The van der Waals surface area contributed by atoms with Crippen LogP contribution in [0.5, 0.6) is 0 Å². The monoisotopic (exact) mass is 199 g/mol. The summed E-state index contributed by atoms with van der Waals surface area (Å²) in [6.45, 7) is 2.02. The zero-order valence-electron chi connectivity index (χ0n) is 8.25. The molecule has 2 aromatic heterocycles. The van der Waals surface area contributed by atoms with E-state index in [0.717, 1.165) is 12.1 Å². The van der Waals surface area contributed by atoms with Crippen molar-refractivity contribution in [2.45, 2.75) is 13.3 Å². The first-order valence-corrected chi connectivity index (χ1v) is 4.60. The van der Waals surface area contributed by atoms with Crippen molar-refractivity contribution >= 4 is 0 Å². The lowest BCUT2D eigenvalue weighted by atomic mass is 10.3. The molecule has 5 nitrogen and oxygen atoms in total. The number of nitrogens with zero attached hydrogens (tertiary/aromatic N) is 5. The van der Waals surface area contributed by atoms with Crippen LogP contribution in [0.25, 0.3) is 5.82 Å². The van der Waals surface area contributed by atoms with Crippen molar-refractivity contribution in [3.05, 3.63) is 36.3 Å². The average molecular weight is 199 g/mol. The summed E-state index contributed by atoms with van der Waals surface area (Å²) in [6, 6.07) is 3.85. The Morgan fingerprint density at radius 3 is 3.00 bits per heavy atom. The van der Waals surface area contributed by atoms with Crippen molar-refractivity contribution < 1.29 is 0 Å². The number of aryl methyl sites for hydroxylation is 1. The highest BCUT2D eigenvalue weighted by Crippen LogP contribution is 2.07. The molecule has 0 amide bonds. The summed E-state index contributed by atoms with van der Waals surface area (Å²) in [7, 11) is 0. The Morgan fingerprint density at radius 1 is 1.40 bits per heavy atom. The fourth-order valence-electron chi connectivity index (χ4n) is 1.28. The SMILES string of the molecule is CCc1cc(-n2ccnc2C#N)ncn1. The molecular weight excluding hydrogens is 190 g/mol. The van der Waals surface area contributed by atoms with Gasteiger partial charge in [0.2, 0.25) is 5.82 Å². The lowest BCUT2D eigenvalue weighted by molar-refractivity contribution is 0.915. The number of hydrogen-bond donors (Lipinski definition) is 0. The summed E-state index contributed by atoms with van der Waals surface area (Å²) < 4.78 is 1.64. The van der Waals surface area contributed by atoms with Crippen LogP contribution in [0.2, 0.25) is 0 Å². The van der Waals surface area contributed by atoms with Gasteiger partial charge in [0, 0.05) is 24.2 Å². The predicted molar refractivity (Wildman–Crippen MR) is 53.2 cm³/mol. The third kappa shape index (κ3) is 1.70. The van der Waals surface area contributed by atoms with Gasteiger partial charge in [-0.15, -0.1) is 0 Å². The average Bonchev–Trinajstić information content (AvgIpc) is 2.77. The van der Waals surface area contributed by atoms with Crippen molar-refractivity contribution in [3.63, 3.8) is 0 Å². The highest BCUT2D eigenvalue weighted by atomic mass is 15.1. The van der Waals surface area contributed by atoms with Crippen LogP contribution >= 0.6 is 0 Å². The van der Waals surface area contributed by atoms with E-state index in [1.807, 2.05) is 19.1 Å². The van der Waals surface area contributed by atoms with Gasteiger partial charge in [-0.2, -0.15) is 5.26 Å². The van der Waals surface area contributed by atoms with Gasteiger partial charge in [0.1, 0.15) is 18.2 Å². The van der Waals surface area contributed by atoms with Crippen molar-refractivity contribution in [2.24, 2.45) is 0 Å². The van der Waals surface area contributed by atoms with E-state index in [9.17, 15) is 0 Å². The molecule has 2 rings (SSSR count). The Kier molecular flexibility index (Phi) is 2.42. The van der Waals surface area contributed by atoms with Crippen LogP contribution in [0, 0.1) is 11.3 Å². The smallest absolute Gasteiger partial charge is 0.218 e. The molecule has 0 atom stereocenters. The first kappa shape index (κ1) is 9.34. The van der Waals surface area contributed by atoms with Crippen molar-refractivity contribution in [1.82, 2.24) is 19.5 Å². The summed E-state index contributed by atoms with van der Waals surface area (Å²) in [6.07, 6.45) is 5.62. The van der Waals surface area contributed by atoms with Gasteiger partial charge < -0.3 is 0 Å². The molecule has 74 valence electrons. The molecule has 2 heterocycles. The number of aromatic nitrogens is 4. The van der Waals surface area contributed by atoms with Crippen LogP contribution in [0.15, 0.2) is 24.8 Å². The van der Waals surface area contributed by atoms with E-state index >= 15 is 0 Å². The molecule has 0 bridgehead atoms. The minimum Gasteiger partial charge on any atom is -0.275 e. The number of imidazole rings is 1. The molecule has 0 spiro atoms. The molecule has 0 saturated heterocycles. The third-order valence-electron chi connectivity index (χ3n) is 2.06. The molecule has 0 unspecified atom stereocenters. The number of hydrogen-bond acceptors (Lipinski definition) is 4. The van der Waals surface area contributed by atoms with Gasteiger partial charge >= 0.3 is 0 Å². The number of rotatable bonds is 2. The maximum atomic E-state index is 8.82. The molecule has 5 heteroatoms. The van der Waals surface area contributed by atoms with Crippen molar-refractivity contribution in [3.8, 4) is 11.9 Å². The topological polar surface area (TPSA) is 67.4 Å². The second-order valence-corrected chi connectivity index (χ2v) is 2.95. The molecule has 0 aliphatic rings. The summed E-state index contributed by atoms with van der Waals surface area (Å²) in [5, 5.41) is 8.82. The Morgan fingerprint density at radius 2 is 2.27 bits per heavy atom. The molecule has 2 aromatic rings. The summed E-state index contributed by atoms with van der Waals surface area (Å²) in [5.74, 6) is 1.01. The first-order valence-electron chi connectivity index (χ1n) is 4.60. The van der Waals surface area contributed by atoms with Gasteiger partial charge in [-0.1, -0.05) is 6.92 Å². The fraction of sp³-hybridized carbons (Fsp3) is 0.200. The second kappa shape index (κ2) is 3.88. The Labute approximate surface area is 87.1 Å². The molecule has 0 saturated carbocycles. The standard InChI is InChI=1S/C10H9N5/c1-2-8-5-9(14-7-13-8)15-4-3-12-10(15)6-11/h3-5,7H,2H2,1H3. The molecule has 0 aliphatic carbocycles. The van der Waals surface area contributed by atoms with Crippen molar-refractivity contribution in [2.75, 3.05) is 0 Å². The van der Waals surface area contributed by atoms with Crippen LogP contribution in [-0.4, -0.2) is 19.5 Å². The molecule has 15 heavy (non-hydrogen) atoms. The van der Waals surface area contributed by atoms with Crippen LogP contribution in [0.1, 0.15) is 18.4 Å². The van der Waals surface area contributed by atoms with Crippen LogP contribution in [-0.2, 0) is 6.42 Å². The van der Waals surface area contributed by atoms with E-state index in [1.54, 1.807) is 17.0 Å². The number of nitriles is 1. The molecule has 0 aromatic carbocycles. The largest absolute Gasteiger partial charge is 0.275 e. The minimum absolute atomic E-state index is 0.329. The molecule has 0 radical (unpaired) electrons. The quantitative estimate of drug-likeness (QED) is 0.726. The van der Waals surface area contributed by atoms with E-state index in [4.69, 9.17) is 5.26 Å². The van der Waals surface area contributed by atoms with E-state index in [-0.39, 0.29) is 0 Å². The van der Waals surface area contributed by atoms with Gasteiger partial charge in [-0.25, -0.2) is 15.0 Å². The summed E-state index contributed by atoms with van der Waals surface area (Å²) in [4.78, 5) is 12.1. The van der Waals surface area contributed by atoms with Crippen LogP contribution in [0.4, 0.5) is 0 Å². The Hall–Kier alpha value is -2.22. The Bertz CT molecular complexity index is 509. The Balaban J connectivity index is 2.50. The zero-order chi connectivity index (χ0) is 10.7. The van der Waals surface area contributed by atoms with Crippen molar-refractivity contribution in [1.29, 1.82) is 5.26 Å². The normalized spacial score (nSPS) is 9.87. The highest BCUT2D eigenvalue weighted by molar-refractivity contribution is 5.29. The minimum atomic E-state index is 0.329. The summed E-state index contributed by atoms with van der Waals surface area (Å²) >= 11 is 0. The molecule has 0 fully saturated rings. The van der Waals surface area contributed by atoms with Gasteiger partial charge in [0.25, 0.3) is 0 Å². The van der Waals surface area contributed by atoms with Gasteiger partial charge in [-0.3, -0.25) is 4.57 Å². The van der Waals surface area contributed by atoms with E-state index in [1.165, 1.54) is 6.33 Å². The van der Waals surface area contributed by atoms with Crippen LogP contribution in [0.3, 0.4) is 0 Å². The maximum absolute atomic E-state index is 8.82. The highest BCUT2D eigenvalue weighted by Gasteiger charge is 2.05. The fourth-order valence-corrected chi connectivity index (χ4v) is 1.28. The first-order chi connectivity index (χ1) is 7.35. The van der Waals surface area contributed by atoms with E-state index in [2.05, 4.69) is 15.0 Å². The maximum Gasteiger partial charge on any atom is 0.218 e. The van der Waals surface area contributed by atoms with Gasteiger partial charge in [0.05, 0.1) is 0 Å². The van der Waals surface area contributed by atoms with Crippen LogP contribution < -0.4 is 0 Å². The van der Waals surface area contributed by atoms with E-state index < -0.39 is 0 Å². The lowest BCUT2D eigenvalue weighted by Crippen LogP contribution is -2.01. The molecule has 0 aliphatic heterocycles. The summed E-state index contributed by atoms with van der Waals surface area (Å²) in [5.41, 5.74) is 0.942. The van der Waals surface area contributed by atoms with Gasteiger partial charge in [-0.05, 0) is 6.42 Å². The van der Waals surface area contributed by atoms with Gasteiger partial charge in [0.15, 0.2) is 0 Å². The van der Waals surface area contributed by atoms with E-state index in [0.29, 0.717) is 11.6 Å². The second-order valence-electron chi connectivity index (χ2n) is 2.95. The lowest BCUT2D eigenvalue weighted by Gasteiger charge is -2.02. The predicted octanol–water partition coefficient (Wildman–Crippen LogP) is 1.10. The molecule has 0 N–H and O–H groups in total. The zero-order valence-corrected chi connectivity index (χ0v) is 8.25.